The lowest BCUT2D eigenvalue weighted by atomic mass is 10.1. The third kappa shape index (κ3) is 4.71. The van der Waals surface area contributed by atoms with Crippen LogP contribution in [0.3, 0.4) is 0 Å². The Kier molecular flexibility index (Phi) is 6.05. The van der Waals surface area contributed by atoms with Gasteiger partial charge in [0.1, 0.15) is 5.78 Å². The Hall–Kier alpha value is -0.490. The molecule has 0 aliphatic heterocycles. The summed E-state index contributed by atoms with van der Waals surface area (Å²) in [5.74, 6) is 0.289. The molecule has 1 fully saturated rings. The Morgan fingerprint density at radius 3 is 2.71 bits per heavy atom. The van der Waals surface area contributed by atoms with Gasteiger partial charge in [0.25, 0.3) is 0 Å². The minimum atomic E-state index is -0.435. The SMILES string of the molecule is CSSCC(NC(=O)C1CCC(=O)C1)C(C)=O. The predicted molar refractivity (Wildman–Crippen MR) is 70.9 cm³/mol. The smallest absolute Gasteiger partial charge is 0.224 e. The van der Waals surface area contributed by atoms with E-state index < -0.39 is 6.04 Å². The van der Waals surface area contributed by atoms with E-state index in [1.165, 1.54) is 6.92 Å². The van der Waals surface area contributed by atoms with E-state index in [9.17, 15) is 14.4 Å². The molecule has 1 saturated carbocycles. The molecule has 0 aromatic heterocycles. The molecule has 0 aromatic rings. The zero-order valence-corrected chi connectivity index (χ0v) is 11.7. The van der Waals surface area contributed by atoms with Gasteiger partial charge < -0.3 is 5.32 Å². The summed E-state index contributed by atoms with van der Waals surface area (Å²) in [6.45, 7) is 1.48. The van der Waals surface area contributed by atoms with Crippen molar-refractivity contribution in [3.63, 3.8) is 0 Å². The van der Waals surface area contributed by atoms with Crippen LogP contribution in [0.25, 0.3) is 0 Å². The van der Waals surface area contributed by atoms with Crippen molar-refractivity contribution in [2.45, 2.75) is 32.2 Å². The van der Waals surface area contributed by atoms with Crippen molar-refractivity contribution in [2.24, 2.45) is 5.92 Å². The molecule has 2 unspecified atom stereocenters. The van der Waals surface area contributed by atoms with Gasteiger partial charge in [-0.1, -0.05) is 21.6 Å². The van der Waals surface area contributed by atoms with Gasteiger partial charge in [-0.3, -0.25) is 14.4 Å². The summed E-state index contributed by atoms with van der Waals surface area (Å²) >= 11 is 0. The van der Waals surface area contributed by atoms with E-state index in [1.54, 1.807) is 21.6 Å². The number of ketones is 2. The quantitative estimate of drug-likeness (QED) is 0.743. The van der Waals surface area contributed by atoms with Crippen molar-refractivity contribution in [2.75, 3.05) is 12.0 Å². The molecule has 0 saturated heterocycles. The molecule has 2 atom stereocenters. The van der Waals surface area contributed by atoms with Crippen LogP contribution in [-0.2, 0) is 14.4 Å². The van der Waals surface area contributed by atoms with Gasteiger partial charge in [-0.2, -0.15) is 0 Å². The molecule has 0 bridgehead atoms. The van der Waals surface area contributed by atoms with E-state index in [0.29, 0.717) is 25.0 Å². The summed E-state index contributed by atoms with van der Waals surface area (Å²) in [4.78, 5) is 34.3. The summed E-state index contributed by atoms with van der Waals surface area (Å²) in [5, 5.41) is 2.74. The van der Waals surface area contributed by atoms with Gasteiger partial charge in [-0.15, -0.1) is 0 Å². The van der Waals surface area contributed by atoms with E-state index >= 15 is 0 Å². The molecule has 1 aliphatic rings. The van der Waals surface area contributed by atoms with Crippen molar-refractivity contribution in [1.82, 2.24) is 5.32 Å². The third-order valence-electron chi connectivity index (χ3n) is 2.78. The molecular weight excluding hydrogens is 258 g/mol. The highest BCUT2D eigenvalue weighted by Gasteiger charge is 2.30. The fraction of sp³-hybridized carbons (Fsp3) is 0.727. The molecule has 1 aliphatic carbocycles. The summed E-state index contributed by atoms with van der Waals surface area (Å²) in [6.07, 6.45) is 3.36. The fourth-order valence-corrected chi connectivity index (χ4v) is 3.13. The molecule has 17 heavy (non-hydrogen) atoms. The summed E-state index contributed by atoms with van der Waals surface area (Å²) in [6, 6.07) is -0.435. The highest BCUT2D eigenvalue weighted by molar-refractivity contribution is 8.76. The van der Waals surface area contributed by atoms with E-state index in [4.69, 9.17) is 0 Å². The van der Waals surface area contributed by atoms with E-state index in [1.807, 2.05) is 6.26 Å². The zero-order valence-electron chi connectivity index (χ0n) is 10.0. The summed E-state index contributed by atoms with van der Waals surface area (Å²) in [7, 11) is 3.11. The van der Waals surface area contributed by atoms with E-state index in [0.717, 1.165) is 0 Å². The molecule has 96 valence electrons. The maximum Gasteiger partial charge on any atom is 0.224 e. The van der Waals surface area contributed by atoms with Crippen molar-refractivity contribution < 1.29 is 14.4 Å². The van der Waals surface area contributed by atoms with Gasteiger partial charge in [0.05, 0.1) is 6.04 Å². The molecule has 0 radical (unpaired) electrons. The number of hydrogen-bond donors (Lipinski definition) is 1. The second-order valence-corrected chi connectivity index (χ2v) is 6.71. The van der Waals surface area contributed by atoms with Crippen molar-refractivity contribution in [3.05, 3.63) is 0 Å². The van der Waals surface area contributed by atoms with Crippen LogP contribution in [0.2, 0.25) is 0 Å². The highest BCUT2D eigenvalue weighted by atomic mass is 33.1. The van der Waals surface area contributed by atoms with Crippen molar-refractivity contribution >= 4 is 39.1 Å². The Balaban J connectivity index is 2.46. The first-order chi connectivity index (χ1) is 8.04. The van der Waals surface area contributed by atoms with Crippen molar-refractivity contribution in [3.8, 4) is 0 Å². The number of nitrogens with one attached hydrogen (secondary N) is 1. The fourth-order valence-electron chi connectivity index (χ4n) is 1.72. The molecule has 0 heterocycles. The Labute approximate surface area is 109 Å². The third-order valence-corrected chi connectivity index (χ3v) is 4.60. The van der Waals surface area contributed by atoms with E-state index in [-0.39, 0.29) is 23.4 Å². The lowest BCUT2D eigenvalue weighted by molar-refractivity contribution is -0.129. The number of amides is 1. The van der Waals surface area contributed by atoms with Crippen LogP contribution < -0.4 is 5.32 Å². The van der Waals surface area contributed by atoms with Gasteiger partial charge >= 0.3 is 0 Å². The maximum atomic E-state index is 11.8. The molecule has 6 heteroatoms. The van der Waals surface area contributed by atoms with Crippen LogP contribution >= 0.6 is 21.6 Å². The molecule has 1 amide bonds. The monoisotopic (exact) mass is 275 g/mol. The van der Waals surface area contributed by atoms with Crippen LogP contribution in [0.1, 0.15) is 26.2 Å². The number of rotatable bonds is 6. The number of hydrogen-bond acceptors (Lipinski definition) is 5. The molecule has 1 rings (SSSR count). The van der Waals surface area contributed by atoms with Gasteiger partial charge in [0, 0.05) is 24.5 Å². The average molecular weight is 275 g/mol. The summed E-state index contributed by atoms with van der Waals surface area (Å²) < 4.78 is 0. The minimum Gasteiger partial charge on any atom is -0.345 e. The van der Waals surface area contributed by atoms with Crippen LogP contribution in [0.15, 0.2) is 0 Å². The lowest BCUT2D eigenvalue weighted by Crippen LogP contribution is -2.43. The first-order valence-corrected chi connectivity index (χ1v) is 8.25. The molecule has 0 spiro atoms. The average Bonchev–Trinajstić information content (AvgIpc) is 2.70. The molecule has 1 N–H and O–H groups in total. The number of carbonyl (C=O) groups excluding carboxylic acids is 3. The van der Waals surface area contributed by atoms with Gasteiger partial charge in [0.15, 0.2) is 5.78 Å². The van der Waals surface area contributed by atoms with Crippen molar-refractivity contribution in [1.29, 1.82) is 0 Å². The van der Waals surface area contributed by atoms with Crippen LogP contribution in [0, 0.1) is 5.92 Å². The molecular formula is C11H17NO3S2. The van der Waals surface area contributed by atoms with E-state index in [2.05, 4.69) is 5.32 Å². The number of Topliss-reactive ketones (excluding diaryl/α,β-unsaturated/α-hetero) is 2. The second kappa shape index (κ2) is 7.06. The maximum absolute atomic E-state index is 11.8. The van der Waals surface area contributed by atoms with Crippen LogP contribution in [0.5, 0.6) is 0 Å². The Bertz CT molecular complexity index is 320. The predicted octanol–water partition coefficient (Wildman–Crippen LogP) is 1.44. The van der Waals surface area contributed by atoms with Gasteiger partial charge in [-0.05, 0) is 19.6 Å². The number of carbonyl (C=O) groups is 3. The van der Waals surface area contributed by atoms with Crippen LogP contribution in [0.4, 0.5) is 0 Å². The molecule has 0 aromatic carbocycles. The summed E-state index contributed by atoms with van der Waals surface area (Å²) in [5.41, 5.74) is 0. The normalized spacial score (nSPS) is 21.3. The van der Waals surface area contributed by atoms with Gasteiger partial charge in [0.2, 0.25) is 5.91 Å². The Morgan fingerprint density at radius 2 is 2.24 bits per heavy atom. The first kappa shape index (κ1) is 14.6. The largest absolute Gasteiger partial charge is 0.345 e. The molecule has 4 nitrogen and oxygen atoms in total. The zero-order chi connectivity index (χ0) is 12.8. The topological polar surface area (TPSA) is 63.2 Å². The highest BCUT2D eigenvalue weighted by Crippen LogP contribution is 2.23. The van der Waals surface area contributed by atoms with Crippen LogP contribution in [-0.4, -0.2) is 35.5 Å². The van der Waals surface area contributed by atoms with Gasteiger partial charge in [-0.25, -0.2) is 0 Å². The first-order valence-electron chi connectivity index (χ1n) is 5.52. The lowest BCUT2D eigenvalue weighted by Gasteiger charge is -2.17. The minimum absolute atomic E-state index is 0.0378. The standard InChI is InChI=1S/C11H17NO3S2/c1-7(13)10(6-17-16-2)12-11(15)8-3-4-9(14)5-8/h8,10H,3-6H2,1-2H3,(H,12,15). The second-order valence-electron chi connectivity index (χ2n) is 4.10. The Morgan fingerprint density at radius 1 is 1.53 bits per heavy atom.